The first-order valence-electron chi connectivity index (χ1n) is 5.27. The van der Waals surface area contributed by atoms with Crippen molar-refractivity contribution >= 4 is 5.78 Å². The van der Waals surface area contributed by atoms with Crippen LogP contribution in [0, 0.1) is 0 Å². The summed E-state index contributed by atoms with van der Waals surface area (Å²) in [5.41, 5.74) is -0.845. The first-order chi connectivity index (χ1) is 7.90. The average molecular weight is 246 g/mol. The summed E-state index contributed by atoms with van der Waals surface area (Å²) in [6.45, 7) is 3.35. The number of halogens is 3. The molecule has 0 saturated carbocycles. The van der Waals surface area contributed by atoms with Gasteiger partial charge in [0.2, 0.25) is 0 Å². The number of Topliss-reactive ketones (excluding diaryl/α,β-unsaturated/α-hetero) is 1. The van der Waals surface area contributed by atoms with Crippen molar-refractivity contribution in [1.82, 2.24) is 0 Å². The van der Waals surface area contributed by atoms with Crippen LogP contribution in [0.25, 0.3) is 0 Å². The van der Waals surface area contributed by atoms with Crippen molar-refractivity contribution in [3.05, 3.63) is 29.3 Å². The van der Waals surface area contributed by atoms with Crippen molar-refractivity contribution in [3.63, 3.8) is 0 Å². The van der Waals surface area contributed by atoms with Gasteiger partial charge in [-0.1, -0.05) is 6.92 Å². The van der Waals surface area contributed by atoms with Gasteiger partial charge in [0.05, 0.1) is 12.2 Å². The van der Waals surface area contributed by atoms with Crippen molar-refractivity contribution in [1.29, 1.82) is 0 Å². The standard InChI is InChI=1S/C12H13F3O2/c1-3-10(16)8-5-6-11(17-4-2)9(7-8)12(13,14)15/h5-7H,3-4H2,1-2H3. The summed E-state index contributed by atoms with van der Waals surface area (Å²) in [6.07, 6.45) is -4.35. The van der Waals surface area contributed by atoms with E-state index in [-0.39, 0.29) is 30.1 Å². The van der Waals surface area contributed by atoms with Crippen LogP contribution in [0.1, 0.15) is 36.2 Å². The summed E-state index contributed by atoms with van der Waals surface area (Å²) in [5.74, 6) is -0.564. The number of hydrogen-bond acceptors (Lipinski definition) is 2. The van der Waals surface area contributed by atoms with Crippen LogP contribution in [0.15, 0.2) is 18.2 Å². The van der Waals surface area contributed by atoms with Crippen LogP contribution in [-0.2, 0) is 6.18 Å². The number of rotatable bonds is 4. The lowest BCUT2D eigenvalue weighted by molar-refractivity contribution is -0.138. The topological polar surface area (TPSA) is 26.3 Å². The Hall–Kier alpha value is -1.52. The lowest BCUT2D eigenvalue weighted by Crippen LogP contribution is -2.10. The van der Waals surface area contributed by atoms with Gasteiger partial charge < -0.3 is 4.74 Å². The molecule has 5 heteroatoms. The maximum Gasteiger partial charge on any atom is 0.419 e. The Kier molecular flexibility index (Phi) is 4.15. The zero-order valence-electron chi connectivity index (χ0n) is 9.60. The molecule has 0 heterocycles. The molecular formula is C12H13F3O2. The predicted octanol–water partition coefficient (Wildman–Crippen LogP) is 3.70. The summed E-state index contributed by atoms with van der Waals surface area (Å²) in [6, 6.07) is 3.39. The van der Waals surface area contributed by atoms with Gasteiger partial charge in [-0.15, -0.1) is 0 Å². The van der Waals surface area contributed by atoms with E-state index in [1.807, 2.05) is 0 Å². The summed E-state index contributed by atoms with van der Waals surface area (Å²) < 4.78 is 43.1. The highest BCUT2D eigenvalue weighted by Gasteiger charge is 2.35. The van der Waals surface area contributed by atoms with Gasteiger partial charge in [0.25, 0.3) is 0 Å². The Bertz CT molecular complexity index is 411. The van der Waals surface area contributed by atoms with Crippen molar-refractivity contribution < 1.29 is 22.7 Å². The van der Waals surface area contributed by atoms with Gasteiger partial charge in [-0.3, -0.25) is 4.79 Å². The molecule has 0 N–H and O–H groups in total. The highest BCUT2D eigenvalue weighted by Crippen LogP contribution is 2.37. The van der Waals surface area contributed by atoms with E-state index in [1.54, 1.807) is 13.8 Å². The van der Waals surface area contributed by atoms with Gasteiger partial charge in [0, 0.05) is 12.0 Å². The smallest absolute Gasteiger partial charge is 0.419 e. The molecule has 1 aromatic rings. The van der Waals surface area contributed by atoms with E-state index in [0.717, 1.165) is 6.07 Å². The predicted molar refractivity (Wildman–Crippen MR) is 57.2 cm³/mol. The van der Waals surface area contributed by atoms with Crippen LogP contribution >= 0.6 is 0 Å². The van der Waals surface area contributed by atoms with E-state index in [0.29, 0.717) is 0 Å². The summed E-state index contributed by atoms with van der Waals surface area (Å²) in [5, 5.41) is 0. The van der Waals surface area contributed by atoms with Gasteiger partial charge in [0.1, 0.15) is 5.75 Å². The number of benzene rings is 1. The molecule has 0 radical (unpaired) electrons. The van der Waals surface area contributed by atoms with Crippen LogP contribution < -0.4 is 4.74 Å². The molecule has 17 heavy (non-hydrogen) atoms. The zero-order chi connectivity index (χ0) is 13.1. The number of hydrogen-bond donors (Lipinski definition) is 0. The van der Waals surface area contributed by atoms with Crippen LogP contribution in [0.4, 0.5) is 13.2 Å². The van der Waals surface area contributed by atoms with Crippen LogP contribution in [0.5, 0.6) is 5.75 Å². The molecule has 0 fully saturated rings. The van der Waals surface area contributed by atoms with Crippen LogP contribution in [0.3, 0.4) is 0 Å². The average Bonchev–Trinajstić information content (AvgIpc) is 2.27. The summed E-state index contributed by atoms with van der Waals surface area (Å²) >= 11 is 0. The van der Waals surface area contributed by atoms with E-state index < -0.39 is 11.7 Å². The number of carbonyl (C=O) groups is 1. The number of ether oxygens (including phenoxy) is 1. The number of ketones is 1. The van der Waals surface area contributed by atoms with E-state index >= 15 is 0 Å². The molecule has 2 nitrogen and oxygen atoms in total. The highest BCUT2D eigenvalue weighted by atomic mass is 19.4. The first kappa shape index (κ1) is 13.5. The van der Waals surface area contributed by atoms with Crippen molar-refractivity contribution in [3.8, 4) is 5.75 Å². The normalized spacial score (nSPS) is 11.4. The molecule has 0 aliphatic carbocycles. The molecule has 0 spiro atoms. The van der Waals surface area contributed by atoms with Gasteiger partial charge in [-0.05, 0) is 25.1 Å². The fourth-order valence-electron chi connectivity index (χ4n) is 1.41. The molecule has 0 bridgehead atoms. The quantitative estimate of drug-likeness (QED) is 0.757. The Morgan fingerprint density at radius 3 is 2.41 bits per heavy atom. The molecule has 0 unspecified atom stereocenters. The van der Waals surface area contributed by atoms with E-state index in [9.17, 15) is 18.0 Å². The Labute approximate surface area is 97.4 Å². The van der Waals surface area contributed by atoms with E-state index in [1.165, 1.54) is 12.1 Å². The third-order valence-electron chi connectivity index (χ3n) is 2.23. The van der Waals surface area contributed by atoms with Crippen molar-refractivity contribution in [2.75, 3.05) is 6.61 Å². The van der Waals surface area contributed by atoms with Crippen LogP contribution in [-0.4, -0.2) is 12.4 Å². The first-order valence-corrected chi connectivity index (χ1v) is 5.27. The minimum atomic E-state index is -4.52. The maximum atomic E-state index is 12.7. The van der Waals surface area contributed by atoms with Gasteiger partial charge in [-0.25, -0.2) is 0 Å². The fourth-order valence-corrected chi connectivity index (χ4v) is 1.41. The Morgan fingerprint density at radius 2 is 1.94 bits per heavy atom. The molecule has 0 saturated heterocycles. The Morgan fingerprint density at radius 1 is 1.29 bits per heavy atom. The maximum absolute atomic E-state index is 12.7. The molecule has 0 amide bonds. The molecule has 0 aliphatic heterocycles. The molecular weight excluding hydrogens is 233 g/mol. The van der Waals surface area contributed by atoms with E-state index in [4.69, 9.17) is 4.74 Å². The lowest BCUT2D eigenvalue weighted by Gasteiger charge is -2.14. The number of alkyl halides is 3. The largest absolute Gasteiger partial charge is 0.493 e. The molecule has 1 rings (SSSR count). The molecule has 1 aromatic carbocycles. The van der Waals surface area contributed by atoms with Crippen molar-refractivity contribution in [2.24, 2.45) is 0 Å². The molecule has 94 valence electrons. The fraction of sp³-hybridized carbons (Fsp3) is 0.417. The van der Waals surface area contributed by atoms with Crippen molar-refractivity contribution in [2.45, 2.75) is 26.4 Å². The van der Waals surface area contributed by atoms with Gasteiger partial charge in [0.15, 0.2) is 5.78 Å². The summed E-state index contributed by atoms with van der Waals surface area (Å²) in [4.78, 5) is 11.4. The molecule has 0 atom stereocenters. The second-order valence-corrected chi connectivity index (χ2v) is 3.42. The van der Waals surface area contributed by atoms with Gasteiger partial charge >= 0.3 is 6.18 Å². The van der Waals surface area contributed by atoms with E-state index in [2.05, 4.69) is 0 Å². The number of carbonyl (C=O) groups excluding carboxylic acids is 1. The minimum absolute atomic E-state index is 0.0586. The SMILES string of the molecule is CCOc1ccc(C(=O)CC)cc1C(F)(F)F. The van der Waals surface area contributed by atoms with Gasteiger partial charge in [-0.2, -0.15) is 13.2 Å². The molecule has 0 aliphatic rings. The summed E-state index contributed by atoms with van der Waals surface area (Å²) in [7, 11) is 0. The second-order valence-electron chi connectivity index (χ2n) is 3.42. The third-order valence-corrected chi connectivity index (χ3v) is 2.23. The monoisotopic (exact) mass is 246 g/mol. The molecule has 0 aromatic heterocycles. The highest BCUT2D eigenvalue weighted by molar-refractivity contribution is 5.96. The zero-order valence-corrected chi connectivity index (χ0v) is 9.60. The third kappa shape index (κ3) is 3.22. The lowest BCUT2D eigenvalue weighted by atomic mass is 10.0. The minimum Gasteiger partial charge on any atom is -0.493 e. The van der Waals surface area contributed by atoms with Crippen LogP contribution in [0.2, 0.25) is 0 Å². The second kappa shape index (κ2) is 5.21. The Balaban J connectivity index is 3.24.